The van der Waals surface area contributed by atoms with Crippen LogP contribution in [-0.4, -0.2) is 39.6 Å². The molecule has 7 heteroatoms. The Labute approximate surface area is 200 Å². The number of carbonyl (C=O) groups is 2. The van der Waals surface area contributed by atoms with Crippen molar-refractivity contribution in [1.29, 1.82) is 0 Å². The first-order chi connectivity index (χ1) is 16.4. The van der Waals surface area contributed by atoms with Crippen molar-refractivity contribution in [1.82, 2.24) is 14.7 Å². The molecule has 2 aromatic carbocycles. The van der Waals surface area contributed by atoms with Gasteiger partial charge in [-0.2, -0.15) is 5.10 Å². The standard InChI is InChI=1S/C27H33FN4O2/c1-4-5-7-12-27(34)31(18-20(2)3)19-26(33)29-25-17-24(21-10-8-6-9-11-21)30-32(25)23-15-13-22(28)14-16-23/h6,8-11,13-17,20H,4-5,7,12,18-19H2,1-3H3,(H,29,33). The highest BCUT2D eigenvalue weighted by Crippen LogP contribution is 2.25. The maximum Gasteiger partial charge on any atom is 0.245 e. The SMILES string of the molecule is CCCCCC(=O)N(CC(=O)Nc1cc(-c2ccccc2)nn1-c1ccc(F)cc1)CC(C)C. The summed E-state index contributed by atoms with van der Waals surface area (Å²) < 4.78 is 15.1. The van der Waals surface area contributed by atoms with E-state index in [1.807, 2.05) is 44.2 Å². The molecule has 0 aliphatic heterocycles. The van der Waals surface area contributed by atoms with Gasteiger partial charge in [-0.3, -0.25) is 9.59 Å². The van der Waals surface area contributed by atoms with Gasteiger partial charge < -0.3 is 10.2 Å². The van der Waals surface area contributed by atoms with Gasteiger partial charge in [0.05, 0.1) is 17.9 Å². The number of aromatic nitrogens is 2. The number of halogens is 1. The Morgan fingerprint density at radius 3 is 2.41 bits per heavy atom. The smallest absolute Gasteiger partial charge is 0.245 e. The van der Waals surface area contributed by atoms with Crippen molar-refractivity contribution in [2.45, 2.75) is 46.5 Å². The molecule has 0 radical (unpaired) electrons. The van der Waals surface area contributed by atoms with Crippen molar-refractivity contribution < 1.29 is 14.0 Å². The van der Waals surface area contributed by atoms with Crippen LogP contribution in [0.25, 0.3) is 16.9 Å². The second-order valence-electron chi connectivity index (χ2n) is 8.84. The van der Waals surface area contributed by atoms with Gasteiger partial charge in [0.15, 0.2) is 0 Å². The number of hydrogen-bond donors (Lipinski definition) is 1. The van der Waals surface area contributed by atoms with Gasteiger partial charge in [0.25, 0.3) is 0 Å². The van der Waals surface area contributed by atoms with E-state index in [1.54, 1.807) is 27.8 Å². The molecule has 3 aromatic rings. The fraction of sp³-hybridized carbons (Fsp3) is 0.370. The van der Waals surface area contributed by atoms with Crippen molar-refractivity contribution >= 4 is 17.6 Å². The highest BCUT2D eigenvalue weighted by atomic mass is 19.1. The molecule has 0 bridgehead atoms. The first kappa shape index (κ1) is 25.1. The van der Waals surface area contributed by atoms with Crippen LogP contribution in [0.4, 0.5) is 10.2 Å². The van der Waals surface area contributed by atoms with Gasteiger partial charge in [-0.25, -0.2) is 9.07 Å². The Balaban J connectivity index is 1.83. The van der Waals surface area contributed by atoms with Crippen molar-refractivity contribution in [3.8, 4) is 16.9 Å². The summed E-state index contributed by atoms with van der Waals surface area (Å²) in [5.74, 6) is 0.0492. The molecule has 1 heterocycles. The Kier molecular flexibility index (Phi) is 8.96. The lowest BCUT2D eigenvalue weighted by molar-refractivity contribution is -0.135. The van der Waals surface area contributed by atoms with Crippen molar-refractivity contribution in [3.63, 3.8) is 0 Å². The van der Waals surface area contributed by atoms with Crippen LogP contribution in [0.2, 0.25) is 0 Å². The van der Waals surface area contributed by atoms with Gasteiger partial charge in [0.1, 0.15) is 11.6 Å². The third kappa shape index (κ3) is 7.01. The number of nitrogens with zero attached hydrogens (tertiary/aromatic N) is 3. The van der Waals surface area contributed by atoms with Crippen molar-refractivity contribution in [3.05, 3.63) is 66.5 Å². The van der Waals surface area contributed by atoms with Crippen LogP contribution in [0, 0.1) is 11.7 Å². The molecule has 180 valence electrons. The number of amides is 2. The summed E-state index contributed by atoms with van der Waals surface area (Å²) in [6.45, 7) is 6.64. The number of nitrogens with one attached hydrogen (secondary N) is 1. The number of carbonyl (C=O) groups excluding carboxylic acids is 2. The average molecular weight is 465 g/mol. The third-order valence-electron chi connectivity index (χ3n) is 5.38. The van der Waals surface area contributed by atoms with Crippen molar-refractivity contribution in [2.24, 2.45) is 5.92 Å². The van der Waals surface area contributed by atoms with Gasteiger partial charge >= 0.3 is 0 Å². The summed E-state index contributed by atoms with van der Waals surface area (Å²) in [7, 11) is 0. The molecular weight excluding hydrogens is 431 g/mol. The molecule has 6 nitrogen and oxygen atoms in total. The predicted octanol–water partition coefficient (Wildman–Crippen LogP) is 5.68. The molecule has 0 unspecified atom stereocenters. The molecule has 34 heavy (non-hydrogen) atoms. The Morgan fingerprint density at radius 1 is 1.06 bits per heavy atom. The molecule has 0 aliphatic carbocycles. The molecule has 2 amide bonds. The van der Waals surface area contributed by atoms with Crippen LogP contribution in [0.15, 0.2) is 60.7 Å². The highest BCUT2D eigenvalue weighted by molar-refractivity contribution is 5.94. The summed E-state index contributed by atoms with van der Waals surface area (Å²) in [4.78, 5) is 27.4. The summed E-state index contributed by atoms with van der Waals surface area (Å²) in [6, 6.07) is 17.3. The van der Waals surface area contributed by atoms with E-state index in [9.17, 15) is 14.0 Å². The molecule has 1 N–H and O–H groups in total. The number of unbranched alkanes of at least 4 members (excludes halogenated alkanes) is 2. The predicted molar refractivity (Wildman–Crippen MR) is 133 cm³/mol. The maximum atomic E-state index is 13.5. The van der Waals surface area contributed by atoms with Gasteiger partial charge in [0.2, 0.25) is 11.8 Å². The summed E-state index contributed by atoms with van der Waals surface area (Å²) in [5, 5.41) is 7.56. The van der Waals surface area contributed by atoms with E-state index in [-0.39, 0.29) is 30.1 Å². The molecule has 3 rings (SSSR count). The molecule has 0 fully saturated rings. The minimum absolute atomic E-state index is 0.00526. The lowest BCUT2D eigenvalue weighted by atomic mass is 10.1. The van der Waals surface area contributed by atoms with Gasteiger partial charge in [-0.05, 0) is 36.6 Å². The number of rotatable bonds is 11. The minimum Gasteiger partial charge on any atom is -0.333 e. The zero-order valence-corrected chi connectivity index (χ0v) is 20.1. The lowest BCUT2D eigenvalue weighted by Gasteiger charge is -2.24. The zero-order valence-electron chi connectivity index (χ0n) is 20.1. The normalized spacial score (nSPS) is 11.0. The first-order valence-electron chi connectivity index (χ1n) is 11.9. The van der Waals surface area contributed by atoms with Crippen LogP contribution in [0.3, 0.4) is 0 Å². The van der Waals surface area contributed by atoms with E-state index < -0.39 is 0 Å². The van der Waals surface area contributed by atoms with Gasteiger partial charge in [-0.1, -0.05) is 63.9 Å². The lowest BCUT2D eigenvalue weighted by Crippen LogP contribution is -2.40. The van der Waals surface area contributed by atoms with E-state index in [1.165, 1.54) is 12.1 Å². The van der Waals surface area contributed by atoms with Crippen molar-refractivity contribution in [2.75, 3.05) is 18.4 Å². The van der Waals surface area contributed by atoms with Crippen LogP contribution in [0.1, 0.15) is 46.5 Å². The van der Waals surface area contributed by atoms with Crippen LogP contribution in [0.5, 0.6) is 0 Å². The van der Waals surface area contributed by atoms with E-state index >= 15 is 0 Å². The number of anilines is 1. The Morgan fingerprint density at radius 2 is 1.76 bits per heavy atom. The van der Waals surface area contributed by atoms with E-state index in [0.29, 0.717) is 30.2 Å². The van der Waals surface area contributed by atoms with E-state index in [0.717, 1.165) is 24.8 Å². The first-order valence-corrected chi connectivity index (χ1v) is 11.9. The summed E-state index contributed by atoms with van der Waals surface area (Å²) in [5.41, 5.74) is 2.19. The van der Waals surface area contributed by atoms with Gasteiger partial charge in [-0.15, -0.1) is 0 Å². The molecule has 0 atom stereocenters. The molecule has 1 aromatic heterocycles. The fourth-order valence-corrected chi connectivity index (χ4v) is 3.73. The highest BCUT2D eigenvalue weighted by Gasteiger charge is 2.20. The quantitative estimate of drug-likeness (QED) is 0.371. The maximum absolute atomic E-state index is 13.5. The number of benzene rings is 2. The van der Waals surface area contributed by atoms with Crippen LogP contribution >= 0.6 is 0 Å². The molecular formula is C27H33FN4O2. The van der Waals surface area contributed by atoms with Crippen LogP contribution in [-0.2, 0) is 9.59 Å². The largest absolute Gasteiger partial charge is 0.333 e. The van der Waals surface area contributed by atoms with E-state index in [4.69, 9.17) is 0 Å². The second kappa shape index (κ2) is 12.1. The average Bonchev–Trinajstić information content (AvgIpc) is 3.23. The zero-order chi connectivity index (χ0) is 24.5. The summed E-state index contributed by atoms with van der Waals surface area (Å²) in [6.07, 6.45) is 3.30. The van der Waals surface area contributed by atoms with E-state index in [2.05, 4.69) is 17.3 Å². The fourth-order valence-electron chi connectivity index (χ4n) is 3.73. The Hall–Kier alpha value is -3.48. The monoisotopic (exact) mass is 464 g/mol. The molecule has 0 saturated carbocycles. The topological polar surface area (TPSA) is 67.2 Å². The molecule has 0 aliphatic rings. The van der Waals surface area contributed by atoms with Crippen LogP contribution < -0.4 is 5.32 Å². The van der Waals surface area contributed by atoms with Gasteiger partial charge in [0, 0.05) is 24.6 Å². The Bertz CT molecular complexity index is 1080. The molecule has 0 spiro atoms. The second-order valence-corrected chi connectivity index (χ2v) is 8.84. The number of hydrogen-bond acceptors (Lipinski definition) is 3. The molecule has 0 saturated heterocycles. The minimum atomic E-state index is -0.351. The summed E-state index contributed by atoms with van der Waals surface area (Å²) >= 11 is 0. The third-order valence-corrected chi connectivity index (χ3v) is 5.38.